The van der Waals surface area contributed by atoms with Gasteiger partial charge in [-0.25, -0.2) is 8.78 Å². The van der Waals surface area contributed by atoms with E-state index in [2.05, 4.69) is 38.2 Å². The molecule has 0 fully saturated rings. The van der Waals surface area contributed by atoms with Crippen LogP contribution in [0.5, 0.6) is 0 Å². The van der Waals surface area contributed by atoms with Crippen LogP contribution in [0.1, 0.15) is 43.5 Å². The molecular formula is C18H21F2N. The molecule has 0 amide bonds. The van der Waals surface area contributed by atoms with Crippen LogP contribution >= 0.6 is 0 Å². The molecule has 0 spiro atoms. The molecular weight excluding hydrogens is 268 g/mol. The summed E-state index contributed by atoms with van der Waals surface area (Å²) in [6, 6.07) is 11.5. The predicted octanol–water partition coefficient (Wildman–Crippen LogP) is 4.57. The lowest BCUT2D eigenvalue weighted by molar-refractivity contribution is 0.551. The van der Waals surface area contributed by atoms with Crippen molar-refractivity contribution in [2.24, 2.45) is 0 Å². The van der Waals surface area contributed by atoms with Gasteiger partial charge in [0.25, 0.3) is 0 Å². The van der Waals surface area contributed by atoms with E-state index < -0.39 is 11.6 Å². The number of benzene rings is 2. The fraction of sp³-hybridized carbons (Fsp3) is 0.333. The molecule has 0 bridgehead atoms. The van der Waals surface area contributed by atoms with Crippen LogP contribution in [-0.4, -0.2) is 7.05 Å². The van der Waals surface area contributed by atoms with Gasteiger partial charge in [0.2, 0.25) is 0 Å². The molecule has 2 rings (SSSR count). The van der Waals surface area contributed by atoms with Gasteiger partial charge in [0.05, 0.1) is 6.04 Å². The van der Waals surface area contributed by atoms with E-state index in [4.69, 9.17) is 0 Å². The summed E-state index contributed by atoms with van der Waals surface area (Å²) in [5, 5.41) is 3.09. The first-order chi connectivity index (χ1) is 9.82. The highest BCUT2D eigenvalue weighted by atomic mass is 19.1. The summed E-state index contributed by atoms with van der Waals surface area (Å²) < 4.78 is 27.0. The third-order valence-corrected chi connectivity index (χ3v) is 3.67. The zero-order valence-corrected chi connectivity index (χ0v) is 12.9. The van der Waals surface area contributed by atoms with Crippen molar-refractivity contribution in [3.63, 3.8) is 0 Å². The standard InChI is InChI=1S/C18H21F2N/c1-18(2,3)13-7-5-12(6-8-13)17(21-4)15-10-9-14(19)11-16(15)20/h5-11,17,21H,1-4H3. The van der Waals surface area contributed by atoms with E-state index in [1.165, 1.54) is 17.7 Å². The molecule has 21 heavy (non-hydrogen) atoms. The number of rotatable bonds is 3. The lowest BCUT2D eigenvalue weighted by Gasteiger charge is -2.22. The maximum atomic E-state index is 14.0. The molecule has 2 aromatic rings. The van der Waals surface area contributed by atoms with Crippen LogP contribution in [-0.2, 0) is 5.41 Å². The Balaban J connectivity index is 2.37. The molecule has 0 saturated heterocycles. The zero-order valence-electron chi connectivity index (χ0n) is 12.9. The van der Waals surface area contributed by atoms with Gasteiger partial charge in [-0.05, 0) is 29.7 Å². The van der Waals surface area contributed by atoms with Gasteiger partial charge in [0, 0.05) is 11.6 Å². The molecule has 1 unspecified atom stereocenters. The quantitative estimate of drug-likeness (QED) is 0.872. The average molecular weight is 289 g/mol. The van der Waals surface area contributed by atoms with Crippen molar-refractivity contribution < 1.29 is 8.78 Å². The van der Waals surface area contributed by atoms with Crippen LogP contribution in [0.3, 0.4) is 0 Å². The van der Waals surface area contributed by atoms with Gasteiger partial charge in [-0.2, -0.15) is 0 Å². The molecule has 3 heteroatoms. The third kappa shape index (κ3) is 3.48. The van der Waals surface area contributed by atoms with E-state index in [1.807, 2.05) is 12.1 Å². The Morgan fingerprint density at radius 3 is 2.05 bits per heavy atom. The van der Waals surface area contributed by atoms with Crippen LogP contribution in [0.4, 0.5) is 8.78 Å². The summed E-state index contributed by atoms with van der Waals surface area (Å²) in [5.41, 5.74) is 2.70. The Morgan fingerprint density at radius 1 is 0.952 bits per heavy atom. The van der Waals surface area contributed by atoms with Crippen LogP contribution in [0.15, 0.2) is 42.5 Å². The largest absolute Gasteiger partial charge is 0.309 e. The monoisotopic (exact) mass is 289 g/mol. The van der Waals surface area contributed by atoms with Crippen LogP contribution in [0.25, 0.3) is 0 Å². The van der Waals surface area contributed by atoms with E-state index in [9.17, 15) is 8.78 Å². The summed E-state index contributed by atoms with van der Waals surface area (Å²) in [6.45, 7) is 6.45. The van der Waals surface area contributed by atoms with Gasteiger partial charge in [0.15, 0.2) is 0 Å². The molecule has 0 heterocycles. The summed E-state index contributed by atoms with van der Waals surface area (Å²) in [7, 11) is 1.77. The molecule has 2 aromatic carbocycles. The van der Waals surface area contributed by atoms with Gasteiger partial charge >= 0.3 is 0 Å². The molecule has 112 valence electrons. The molecule has 1 atom stereocenters. The Morgan fingerprint density at radius 2 is 1.57 bits per heavy atom. The van der Waals surface area contributed by atoms with Crippen molar-refractivity contribution in [1.29, 1.82) is 0 Å². The summed E-state index contributed by atoms with van der Waals surface area (Å²) in [4.78, 5) is 0. The van der Waals surface area contributed by atoms with Gasteiger partial charge in [-0.15, -0.1) is 0 Å². The second-order valence-corrected chi connectivity index (χ2v) is 6.26. The fourth-order valence-corrected chi connectivity index (χ4v) is 2.41. The lowest BCUT2D eigenvalue weighted by Crippen LogP contribution is -2.19. The van der Waals surface area contributed by atoms with Gasteiger partial charge < -0.3 is 5.32 Å². The first-order valence-corrected chi connectivity index (χ1v) is 7.05. The fourth-order valence-electron chi connectivity index (χ4n) is 2.41. The topological polar surface area (TPSA) is 12.0 Å². The average Bonchev–Trinajstić information content (AvgIpc) is 2.41. The highest BCUT2D eigenvalue weighted by Gasteiger charge is 2.18. The Hall–Kier alpha value is -1.74. The number of hydrogen-bond acceptors (Lipinski definition) is 1. The first-order valence-electron chi connectivity index (χ1n) is 7.05. The first kappa shape index (κ1) is 15.6. The molecule has 1 N–H and O–H groups in total. The minimum absolute atomic E-state index is 0.0782. The highest BCUT2D eigenvalue weighted by Crippen LogP contribution is 2.28. The highest BCUT2D eigenvalue weighted by molar-refractivity contribution is 5.36. The van der Waals surface area contributed by atoms with E-state index in [0.29, 0.717) is 5.56 Å². The molecule has 0 aliphatic heterocycles. The van der Waals surface area contributed by atoms with Crippen LogP contribution in [0, 0.1) is 11.6 Å². The predicted molar refractivity (Wildman–Crippen MR) is 82.4 cm³/mol. The van der Waals surface area contributed by atoms with E-state index in [1.54, 1.807) is 7.05 Å². The SMILES string of the molecule is CNC(c1ccc(C(C)(C)C)cc1)c1ccc(F)cc1F. The normalized spacial score (nSPS) is 13.2. The van der Waals surface area contributed by atoms with Crippen molar-refractivity contribution >= 4 is 0 Å². The maximum absolute atomic E-state index is 14.0. The Bertz CT molecular complexity index is 612. The Labute approximate surface area is 125 Å². The minimum atomic E-state index is -0.561. The van der Waals surface area contributed by atoms with Crippen molar-refractivity contribution in [2.45, 2.75) is 32.2 Å². The zero-order chi connectivity index (χ0) is 15.6. The van der Waals surface area contributed by atoms with E-state index in [-0.39, 0.29) is 11.5 Å². The van der Waals surface area contributed by atoms with Gasteiger partial charge in [0.1, 0.15) is 11.6 Å². The van der Waals surface area contributed by atoms with Gasteiger partial charge in [-0.1, -0.05) is 51.1 Å². The van der Waals surface area contributed by atoms with Gasteiger partial charge in [-0.3, -0.25) is 0 Å². The summed E-state index contributed by atoms with van der Waals surface area (Å²) in [6.07, 6.45) is 0. The molecule has 1 nitrogen and oxygen atoms in total. The summed E-state index contributed by atoms with van der Waals surface area (Å²) >= 11 is 0. The summed E-state index contributed by atoms with van der Waals surface area (Å²) in [5.74, 6) is -1.09. The molecule has 0 aromatic heterocycles. The second-order valence-electron chi connectivity index (χ2n) is 6.26. The van der Waals surface area contributed by atoms with E-state index in [0.717, 1.165) is 11.6 Å². The smallest absolute Gasteiger partial charge is 0.131 e. The number of halogens is 2. The van der Waals surface area contributed by atoms with Crippen molar-refractivity contribution in [1.82, 2.24) is 5.32 Å². The molecule has 0 aliphatic carbocycles. The molecule has 0 radical (unpaired) electrons. The van der Waals surface area contributed by atoms with Crippen molar-refractivity contribution in [3.8, 4) is 0 Å². The number of hydrogen-bond donors (Lipinski definition) is 1. The Kier molecular flexibility index (Phi) is 4.43. The lowest BCUT2D eigenvalue weighted by atomic mass is 9.86. The maximum Gasteiger partial charge on any atom is 0.131 e. The molecule has 0 aliphatic rings. The molecule has 0 saturated carbocycles. The van der Waals surface area contributed by atoms with Crippen molar-refractivity contribution in [3.05, 3.63) is 70.8 Å². The third-order valence-electron chi connectivity index (χ3n) is 3.67. The van der Waals surface area contributed by atoms with Crippen molar-refractivity contribution in [2.75, 3.05) is 7.05 Å². The minimum Gasteiger partial charge on any atom is -0.309 e. The van der Waals surface area contributed by atoms with Crippen LogP contribution < -0.4 is 5.32 Å². The van der Waals surface area contributed by atoms with Crippen LogP contribution in [0.2, 0.25) is 0 Å². The number of nitrogens with one attached hydrogen (secondary N) is 1. The van der Waals surface area contributed by atoms with E-state index >= 15 is 0 Å². The second kappa shape index (κ2) is 5.94.